The number of rotatable bonds is 6. The molecule has 0 aliphatic carbocycles. The average molecular weight is 419 g/mol. The van der Waals surface area contributed by atoms with E-state index in [2.05, 4.69) is 11.4 Å². The lowest BCUT2D eigenvalue weighted by Crippen LogP contribution is -2.47. The molecule has 1 unspecified atom stereocenters. The van der Waals surface area contributed by atoms with Crippen LogP contribution in [0.3, 0.4) is 0 Å². The molecule has 4 nitrogen and oxygen atoms in total. The lowest BCUT2D eigenvalue weighted by atomic mass is 9.93. The third-order valence-corrected chi connectivity index (χ3v) is 6.35. The third kappa shape index (κ3) is 4.41. The first-order chi connectivity index (χ1) is 13.4. The van der Waals surface area contributed by atoms with Gasteiger partial charge in [-0.05, 0) is 47.5 Å². The van der Waals surface area contributed by atoms with Crippen molar-refractivity contribution in [2.75, 3.05) is 19.6 Å². The van der Waals surface area contributed by atoms with Gasteiger partial charge in [0, 0.05) is 28.9 Å². The number of nitrogens with zero attached hydrogens (tertiary/aromatic N) is 2. The highest BCUT2D eigenvalue weighted by Crippen LogP contribution is 2.38. The number of thiophene rings is 1. The molecule has 1 atom stereocenters. The van der Waals surface area contributed by atoms with Crippen LogP contribution in [-0.4, -0.2) is 41.2 Å². The van der Waals surface area contributed by atoms with Gasteiger partial charge < -0.3 is 9.80 Å². The first-order valence-corrected chi connectivity index (χ1v) is 11.1. The van der Waals surface area contributed by atoms with Crippen LogP contribution in [0.25, 0.3) is 0 Å². The van der Waals surface area contributed by atoms with Crippen LogP contribution in [0.15, 0.2) is 35.7 Å². The van der Waals surface area contributed by atoms with E-state index < -0.39 is 0 Å². The summed E-state index contributed by atoms with van der Waals surface area (Å²) < 4.78 is 0. The van der Waals surface area contributed by atoms with Gasteiger partial charge in [-0.15, -0.1) is 11.3 Å². The van der Waals surface area contributed by atoms with E-state index in [0.29, 0.717) is 18.1 Å². The quantitative estimate of drug-likeness (QED) is 0.677. The summed E-state index contributed by atoms with van der Waals surface area (Å²) >= 11 is 7.82. The van der Waals surface area contributed by atoms with Crippen LogP contribution < -0.4 is 0 Å². The van der Waals surface area contributed by atoms with Gasteiger partial charge in [0.15, 0.2) is 0 Å². The fourth-order valence-corrected chi connectivity index (χ4v) is 4.78. The molecule has 1 aliphatic heterocycles. The van der Waals surface area contributed by atoms with Crippen molar-refractivity contribution in [3.8, 4) is 0 Å². The van der Waals surface area contributed by atoms with Crippen molar-refractivity contribution < 1.29 is 9.59 Å². The van der Waals surface area contributed by atoms with E-state index in [1.807, 2.05) is 49.9 Å². The number of amides is 2. The molecule has 0 bridgehead atoms. The second kappa shape index (κ2) is 9.10. The van der Waals surface area contributed by atoms with E-state index in [4.69, 9.17) is 11.6 Å². The fraction of sp³-hybridized carbons (Fsp3) is 0.455. The first kappa shape index (κ1) is 20.9. The van der Waals surface area contributed by atoms with Crippen molar-refractivity contribution in [3.05, 3.63) is 56.7 Å². The Bertz CT molecular complexity index is 831. The zero-order chi connectivity index (χ0) is 20.3. The second-order valence-corrected chi connectivity index (χ2v) is 8.94. The molecule has 1 aromatic carbocycles. The molecule has 2 heterocycles. The smallest absolute Gasteiger partial charge is 0.242 e. The van der Waals surface area contributed by atoms with E-state index in [-0.39, 0.29) is 30.3 Å². The van der Waals surface area contributed by atoms with Crippen molar-refractivity contribution >= 4 is 34.8 Å². The Morgan fingerprint density at radius 3 is 2.61 bits per heavy atom. The van der Waals surface area contributed by atoms with Gasteiger partial charge in [-0.2, -0.15) is 0 Å². The van der Waals surface area contributed by atoms with Gasteiger partial charge in [-0.25, -0.2) is 0 Å². The molecule has 0 saturated heterocycles. The normalized spacial score (nSPS) is 16.2. The fourth-order valence-electron chi connectivity index (χ4n) is 3.75. The van der Waals surface area contributed by atoms with Gasteiger partial charge in [0.1, 0.15) is 0 Å². The molecule has 1 aromatic heterocycles. The summed E-state index contributed by atoms with van der Waals surface area (Å²) in [5.74, 6) is -0.0815. The maximum atomic E-state index is 13.3. The largest absolute Gasteiger partial charge is 0.333 e. The zero-order valence-electron chi connectivity index (χ0n) is 16.7. The number of hydrogen-bond acceptors (Lipinski definition) is 3. The summed E-state index contributed by atoms with van der Waals surface area (Å²) in [6.07, 6.45) is 1.69. The molecule has 28 heavy (non-hydrogen) atoms. The minimum Gasteiger partial charge on any atom is -0.333 e. The van der Waals surface area contributed by atoms with Crippen LogP contribution in [0.1, 0.15) is 49.2 Å². The summed E-state index contributed by atoms with van der Waals surface area (Å²) in [6.45, 7) is 7.19. The maximum Gasteiger partial charge on any atom is 0.242 e. The Labute approximate surface area is 176 Å². The van der Waals surface area contributed by atoms with Gasteiger partial charge in [-0.1, -0.05) is 44.5 Å². The maximum absolute atomic E-state index is 13.3. The molecule has 0 radical (unpaired) electrons. The van der Waals surface area contributed by atoms with E-state index in [1.165, 1.54) is 10.4 Å². The van der Waals surface area contributed by atoms with Crippen LogP contribution in [0, 0.1) is 5.92 Å². The average Bonchev–Trinajstić information content (AvgIpc) is 3.15. The molecule has 0 saturated carbocycles. The third-order valence-electron chi connectivity index (χ3n) is 5.10. The minimum absolute atomic E-state index is 0.000694. The Morgan fingerprint density at radius 1 is 1.25 bits per heavy atom. The Kier molecular flexibility index (Phi) is 6.78. The van der Waals surface area contributed by atoms with Crippen LogP contribution >= 0.6 is 22.9 Å². The molecule has 150 valence electrons. The summed E-state index contributed by atoms with van der Waals surface area (Å²) in [5.41, 5.74) is 2.23. The van der Waals surface area contributed by atoms with Crippen molar-refractivity contribution in [2.45, 2.75) is 39.7 Å². The van der Waals surface area contributed by atoms with E-state index in [9.17, 15) is 9.59 Å². The molecule has 0 spiro atoms. The zero-order valence-corrected chi connectivity index (χ0v) is 18.2. The summed E-state index contributed by atoms with van der Waals surface area (Å²) in [6, 6.07) is 9.70. The van der Waals surface area contributed by atoms with E-state index in [1.54, 1.807) is 16.2 Å². The lowest BCUT2D eigenvalue weighted by Gasteiger charge is -2.37. The molecular weight excluding hydrogens is 392 g/mol. The van der Waals surface area contributed by atoms with Crippen molar-refractivity contribution in [1.82, 2.24) is 9.80 Å². The van der Waals surface area contributed by atoms with E-state index in [0.717, 1.165) is 18.4 Å². The van der Waals surface area contributed by atoms with Gasteiger partial charge in [-0.3, -0.25) is 9.59 Å². The van der Waals surface area contributed by atoms with Gasteiger partial charge >= 0.3 is 0 Å². The molecular formula is C22H27ClN2O2S. The predicted molar refractivity (Wildman–Crippen MR) is 115 cm³/mol. The molecule has 2 amide bonds. The molecule has 0 N–H and O–H groups in total. The Balaban J connectivity index is 1.89. The predicted octanol–water partition coefficient (Wildman–Crippen LogP) is 4.77. The van der Waals surface area contributed by atoms with E-state index >= 15 is 0 Å². The Morgan fingerprint density at radius 2 is 1.96 bits per heavy atom. The summed E-state index contributed by atoms with van der Waals surface area (Å²) in [5, 5.41) is 2.77. The topological polar surface area (TPSA) is 40.6 Å². The molecule has 0 fully saturated rings. The minimum atomic E-state index is -0.127. The highest BCUT2D eigenvalue weighted by atomic mass is 35.5. The molecule has 2 aromatic rings. The molecule has 1 aliphatic rings. The highest BCUT2D eigenvalue weighted by Gasteiger charge is 2.34. The standard InChI is InChI=1S/C22H27ClN2O2S/c1-4-11-24(22(27)15(2)3)14-20(26)25-12-9-19-18(10-13-28-19)21(25)16-5-7-17(23)8-6-16/h5-8,10,13,15,21H,4,9,11-12,14H2,1-3H3. The van der Waals surface area contributed by atoms with Crippen LogP contribution in [0.5, 0.6) is 0 Å². The number of halogens is 1. The van der Waals surface area contributed by atoms with Gasteiger partial charge in [0.25, 0.3) is 0 Å². The molecule has 6 heteroatoms. The summed E-state index contributed by atoms with van der Waals surface area (Å²) in [4.78, 5) is 30.8. The molecule has 3 rings (SSSR count). The number of hydrogen-bond donors (Lipinski definition) is 0. The lowest BCUT2D eigenvalue weighted by molar-refractivity contribution is -0.143. The Hall–Kier alpha value is -1.85. The number of benzene rings is 1. The number of carbonyl (C=O) groups is 2. The highest BCUT2D eigenvalue weighted by molar-refractivity contribution is 7.10. The van der Waals surface area contributed by atoms with Crippen molar-refractivity contribution in [2.24, 2.45) is 5.92 Å². The van der Waals surface area contributed by atoms with Crippen molar-refractivity contribution in [1.29, 1.82) is 0 Å². The van der Waals surface area contributed by atoms with Crippen molar-refractivity contribution in [3.63, 3.8) is 0 Å². The van der Waals surface area contributed by atoms with Crippen LogP contribution in [0.4, 0.5) is 0 Å². The number of carbonyl (C=O) groups excluding carboxylic acids is 2. The van der Waals surface area contributed by atoms with Crippen LogP contribution in [0.2, 0.25) is 5.02 Å². The number of fused-ring (bicyclic) bond motifs is 1. The van der Waals surface area contributed by atoms with Gasteiger partial charge in [0.2, 0.25) is 11.8 Å². The van der Waals surface area contributed by atoms with Crippen LogP contribution in [-0.2, 0) is 16.0 Å². The monoisotopic (exact) mass is 418 g/mol. The van der Waals surface area contributed by atoms with Gasteiger partial charge in [0.05, 0.1) is 12.6 Å². The first-order valence-electron chi connectivity index (χ1n) is 9.82. The second-order valence-electron chi connectivity index (χ2n) is 7.50. The summed E-state index contributed by atoms with van der Waals surface area (Å²) in [7, 11) is 0. The SMILES string of the molecule is CCCN(CC(=O)N1CCc2sccc2C1c1ccc(Cl)cc1)C(=O)C(C)C.